The van der Waals surface area contributed by atoms with Crippen LogP contribution < -0.4 is 4.74 Å². The zero-order valence-electron chi connectivity index (χ0n) is 8.41. The lowest BCUT2D eigenvalue weighted by Crippen LogP contribution is -1.88. The van der Waals surface area contributed by atoms with E-state index in [-0.39, 0.29) is 5.75 Å². The summed E-state index contributed by atoms with van der Waals surface area (Å²) in [6.45, 7) is 3.73. The van der Waals surface area contributed by atoms with Gasteiger partial charge in [0.1, 0.15) is 11.5 Å². The van der Waals surface area contributed by atoms with Crippen molar-refractivity contribution in [1.29, 1.82) is 0 Å². The van der Waals surface area contributed by atoms with E-state index in [2.05, 4.69) is 6.92 Å². The van der Waals surface area contributed by atoms with Crippen molar-refractivity contribution in [3.63, 3.8) is 0 Å². The van der Waals surface area contributed by atoms with Gasteiger partial charge in [0.25, 0.3) is 0 Å². The van der Waals surface area contributed by atoms with Crippen LogP contribution in [-0.4, -0.2) is 0 Å². The second-order valence-corrected chi connectivity index (χ2v) is 3.32. The van der Waals surface area contributed by atoms with Gasteiger partial charge in [-0.3, -0.25) is 0 Å². The molecule has 0 N–H and O–H groups in total. The third kappa shape index (κ3) is 2.37. The summed E-state index contributed by atoms with van der Waals surface area (Å²) in [7, 11) is 0. The molecule has 0 amide bonds. The average molecular weight is 219 g/mol. The van der Waals surface area contributed by atoms with Crippen molar-refractivity contribution < 1.29 is 13.5 Å². The molecule has 0 atom stereocenters. The lowest BCUT2D eigenvalue weighted by molar-refractivity contribution is 0.461. The van der Waals surface area contributed by atoms with E-state index < -0.39 is 11.6 Å². The van der Waals surface area contributed by atoms with Crippen molar-refractivity contribution >= 4 is 0 Å². The molecular formula is C13H9F2O. The second-order valence-electron chi connectivity index (χ2n) is 3.32. The van der Waals surface area contributed by atoms with E-state index in [0.29, 0.717) is 5.75 Å². The van der Waals surface area contributed by atoms with Crippen LogP contribution in [0.5, 0.6) is 11.5 Å². The standard InChI is InChI=1S/C13H9F2O/c1-9-2-4-10(5-3-9)16-11-6-7-12(14)13(15)8-11/h2-8H,1H2. The molecule has 0 unspecified atom stereocenters. The summed E-state index contributed by atoms with van der Waals surface area (Å²) >= 11 is 0. The quantitative estimate of drug-likeness (QED) is 0.743. The van der Waals surface area contributed by atoms with E-state index in [4.69, 9.17) is 4.74 Å². The summed E-state index contributed by atoms with van der Waals surface area (Å²) in [5, 5.41) is 0. The third-order valence-electron chi connectivity index (χ3n) is 2.05. The molecule has 0 saturated carbocycles. The Bertz CT molecular complexity index is 492. The van der Waals surface area contributed by atoms with E-state index in [1.165, 1.54) is 6.07 Å². The first kappa shape index (κ1) is 10.6. The van der Waals surface area contributed by atoms with Crippen LogP contribution in [0.2, 0.25) is 0 Å². The zero-order valence-corrected chi connectivity index (χ0v) is 8.41. The molecule has 1 radical (unpaired) electrons. The Kier molecular flexibility index (Phi) is 2.86. The summed E-state index contributed by atoms with van der Waals surface area (Å²) < 4.78 is 30.9. The molecule has 0 spiro atoms. The molecule has 0 fully saturated rings. The molecule has 0 bridgehead atoms. The molecule has 2 aromatic carbocycles. The van der Waals surface area contributed by atoms with Crippen molar-refractivity contribution in [2.75, 3.05) is 0 Å². The van der Waals surface area contributed by atoms with E-state index in [0.717, 1.165) is 17.7 Å². The molecule has 16 heavy (non-hydrogen) atoms. The van der Waals surface area contributed by atoms with Gasteiger partial charge in [-0.25, -0.2) is 8.78 Å². The molecule has 0 aliphatic heterocycles. The van der Waals surface area contributed by atoms with Gasteiger partial charge in [0.15, 0.2) is 11.6 Å². The minimum absolute atomic E-state index is 0.260. The smallest absolute Gasteiger partial charge is 0.162 e. The fourth-order valence-corrected chi connectivity index (χ4v) is 1.23. The fourth-order valence-electron chi connectivity index (χ4n) is 1.23. The number of halogens is 2. The number of rotatable bonds is 2. The Morgan fingerprint density at radius 2 is 1.44 bits per heavy atom. The second kappa shape index (κ2) is 4.31. The minimum Gasteiger partial charge on any atom is -0.457 e. The number of hydrogen-bond acceptors (Lipinski definition) is 1. The van der Waals surface area contributed by atoms with Gasteiger partial charge in [-0.1, -0.05) is 12.1 Å². The molecule has 3 heteroatoms. The maximum atomic E-state index is 12.9. The van der Waals surface area contributed by atoms with E-state index in [9.17, 15) is 8.78 Å². The van der Waals surface area contributed by atoms with Gasteiger partial charge < -0.3 is 4.74 Å². The van der Waals surface area contributed by atoms with Crippen LogP contribution in [0.15, 0.2) is 42.5 Å². The third-order valence-corrected chi connectivity index (χ3v) is 2.05. The molecule has 2 rings (SSSR count). The molecule has 0 aliphatic rings. The highest BCUT2D eigenvalue weighted by atomic mass is 19.2. The first-order valence-corrected chi connectivity index (χ1v) is 4.70. The van der Waals surface area contributed by atoms with Gasteiger partial charge in [0, 0.05) is 6.07 Å². The number of ether oxygens (including phenoxy) is 1. The lowest BCUT2D eigenvalue weighted by atomic mass is 10.2. The van der Waals surface area contributed by atoms with Crippen molar-refractivity contribution in [1.82, 2.24) is 0 Å². The van der Waals surface area contributed by atoms with Gasteiger partial charge in [0.2, 0.25) is 0 Å². The predicted molar refractivity (Wildman–Crippen MR) is 57.3 cm³/mol. The number of hydrogen-bond donors (Lipinski definition) is 0. The minimum atomic E-state index is -0.925. The van der Waals surface area contributed by atoms with Crippen molar-refractivity contribution in [3.8, 4) is 11.5 Å². The van der Waals surface area contributed by atoms with Crippen LogP contribution in [0.4, 0.5) is 8.78 Å². The molecule has 1 nitrogen and oxygen atoms in total. The normalized spacial score (nSPS) is 10.2. The summed E-state index contributed by atoms with van der Waals surface area (Å²) in [4.78, 5) is 0. The van der Waals surface area contributed by atoms with Crippen LogP contribution in [-0.2, 0) is 0 Å². The highest BCUT2D eigenvalue weighted by molar-refractivity contribution is 5.34. The molecule has 81 valence electrons. The van der Waals surface area contributed by atoms with Crippen LogP contribution in [0.25, 0.3) is 0 Å². The van der Waals surface area contributed by atoms with Crippen LogP contribution >= 0.6 is 0 Å². The van der Waals surface area contributed by atoms with Gasteiger partial charge >= 0.3 is 0 Å². The van der Waals surface area contributed by atoms with E-state index >= 15 is 0 Å². The Morgan fingerprint density at radius 1 is 0.812 bits per heavy atom. The highest BCUT2D eigenvalue weighted by Gasteiger charge is 2.03. The maximum absolute atomic E-state index is 12.9. The van der Waals surface area contributed by atoms with E-state index in [1.807, 2.05) is 0 Å². The number of benzene rings is 2. The predicted octanol–water partition coefficient (Wildman–Crippen LogP) is 3.94. The van der Waals surface area contributed by atoms with E-state index in [1.54, 1.807) is 24.3 Å². The molecule has 0 aliphatic carbocycles. The largest absolute Gasteiger partial charge is 0.457 e. The monoisotopic (exact) mass is 219 g/mol. The van der Waals surface area contributed by atoms with Gasteiger partial charge in [-0.15, -0.1) is 0 Å². The molecular weight excluding hydrogens is 210 g/mol. The van der Waals surface area contributed by atoms with Crippen molar-refractivity contribution in [2.24, 2.45) is 0 Å². The first-order chi connectivity index (χ1) is 7.65. The Labute approximate surface area is 92.3 Å². The highest BCUT2D eigenvalue weighted by Crippen LogP contribution is 2.23. The zero-order chi connectivity index (χ0) is 11.5. The Balaban J connectivity index is 2.20. The van der Waals surface area contributed by atoms with Gasteiger partial charge in [-0.2, -0.15) is 0 Å². The first-order valence-electron chi connectivity index (χ1n) is 4.70. The van der Waals surface area contributed by atoms with Gasteiger partial charge in [-0.05, 0) is 36.8 Å². The Hall–Kier alpha value is -1.90. The molecule has 2 aromatic rings. The van der Waals surface area contributed by atoms with Crippen LogP contribution in [0.1, 0.15) is 5.56 Å². The molecule has 0 heterocycles. The fraction of sp³-hybridized carbons (Fsp3) is 0. The summed E-state index contributed by atoms with van der Waals surface area (Å²) in [6, 6.07) is 10.4. The molecule has 0 aromatic heterocycles. The average Bonchev–Trinajstić information content (AvgIpc) is 2.27. The van der Waals surface area contributed by atoms with Crippen molar-refractivity contribution in [2.45, 2.75) is 0 Å². The van der Waals surface area contributed by atoms with Gasteiger partial charge in [0.05, 0.1) is 0 Å². The topological polar surface area (TPSA) is 9.23 Å². The van der Waals surface area contributed by atoms with Crippen molar-refractivity contribution in [3.05, 3.63) is 66.6 Å². The van der Waals surface area contributed by atoms with Crippen LogP contribution in [0, 0.1) is 18.6 Å². The Morgan fingerprint density at radius 3 is 2.06 bits per heavy atom. The SMILES string of the molecule is [CH2]c1ccc(Oc2ccc(F)c(F)c2)cc1. The van der Waals surface area contributed by atoms with Crippen LogP contribution in [0.3, 0.4) is 0 Å². The summed E-state index contributed by atoms with van der Waals surface area (Å²) in [5.74, 6) is -0.999. The summed E-state index contributed by atoms with van der Waals surface area (Å²) in [6.07, 6.45) is 0. The maximum Gasteiger partial charge on any atom is 0.162 e. The summed E-state index contributed by atoms with van der Waals surface area (Å²) in [5.41, 5.74) is 0.859. The molecule has 0 saturated heterocycles. The lowest BCUT2D eigenvalue weighted by Gasteiger charge is -2.05.